The number of hydrogen-bond acceptors (Lipinski definition) is 5. The Kier molecular flexibility index (Phi) is 6.51. The van der Waals surface area contributed by atoms with Crippen LogP contribution in [-0.4, -0.2) is 55.7 Å². The molecule has 0 atom stereocenters. The van der Waals surface area contributed by atoms with Crippen molar-refractivity contribution in [2.45, 2.75) is 45.6 Å². The average molecular weight is 422 g/mol. The first-order chi connectivity index (χ1) is 14.9. The van der Waals surface area contributed by atoms with E-state index in [0.717, 1.165) is 45.0 Å². The van der Waals surface area contributed by atoms with Gasteiger partial charge in [0.05, 0.1) is 11.3 Å². The predicted molar refractivity (Wildman–Crippen MR) is 127 cm³/mol. The molecule has 0 amide bonds. The maximum atomic E-state index is 12.8. The van der Waals surface area contributed by atoms with E-state index < -0.39 is 0 Å². The van der Waals surface area contributed by atoms with Crippen LogP contribution in [0.2, 0.25) is 0 Å². The molecule has 166 valence electrons. The van der Waals surface area contributed by atoms with Crippen LogP contribution in [0.1, 0.15) is 50.4 Å². The van der Waals surface area contributed by atoms with Gasteiger partial charge in [0.15, 0.2) is 5.75 Å². The third kappa shape index (κ3) is 5.21. The van der Waals surface area contributed by atoms with Crippen LogP contribution >= 0.6 is 0 Å². The zero-order valence-electron chi connectivity index (χ0n) is 19.1. The molecule has 5 heteroatoms. The van der Waals surface area contributed by atoms with Crippen LogP contribution in [0, 0.1) is 0 Å². The summed E-state index contributed by atoms with van der Waals surface area (Å²) in [5.41, 5.74) is 3.00. The normalized spacial score (nSPS) is 18.2. The molecule has 2 aromatic rings. The molecule has 31 heavy (non-hydrogen) atoms. The minimum Gasteiger partial charge on any atom is -0.421 e. The van der Waals surface area contributed by atoms with Gasteiger partial charge in [-0.1, -0.05) is 18.2 Å². The Bertz CT molecular complexity index is 877. The Labute approximate surface area is 186 Å². The number of carbonyl (C=O) groups excluding carboxylic acids is 1. The van der Waals surface area contributed by atoms with Crippen LogP contribution in [-0.2, 0) is 0 Å². The number of ether oxygens (including phenoxy) is 1. The smallest absolute Gasteiger partial charge is 0.343 e. The topological polar surface area (TPSA) is 36.0 Å². The number of piperazine rings is 1. The molecule has 0 unspecified atom stereocenters. The maximum absolute atomic E-state index is 12.8. The highest BCUT2D eigenvalue weighted by Gasteiger charge is 2.28. The van der Waals surface area contributed by atoms with Crippen molar-refractivity contribution >= 4 is 17.3 Å². The fourth-order valence-electron chi connectivity index (χ4n) is 4.54. The van der Waals surface area contributed by atoms with Crippen LogP contribution in [0.5, 0.6) is 5.75 Å². The zero-order valence-corrected chi connectivity index (χ0v) is 19.1. The molecule has 2 fully saturated rings. The number of benzene rings is 2. The van der Waals surface area contributed by atoms with E-state index >= 15 is 0 Å². The minimum absolute atomic E-state index is 0.171. The van der Waals surface area contributed by atoms with Gasteiger partial charge in [-0.3, -0.25) is 4.90 Å². The van der Waals surface area contributed by atoms with Gasteiger partial charge in [0.2, 0.25) is 0 Å². The lowest BCUT2D eigenvalue weighted by Crippen LogP contribution is -2.53. The summed E-state index contributed by atoms with van der Waals surface area (Å²) in [5, 5.41) is 0. The van der Waals surface area contributed by atoms with E-state index in [0.29, 0.717) is 11.3 Å². The first-order valence-corrected chi connectivity index (χ1v) is 11.6. The Balaban J connectivity index is 1.59. The van der Waals surface area contributed by atoms with Crippen LogP contribution in [0.15, 0.2) is 48.5 Å². The summed E-state index contributed by atoms with van der Waals surface area (Å²) in [4.78, 5) is 20.1. The molecule has 0 N–H and O–H groups in total. The Morgan fingerprint density at radius 1 is 0.806 bits per heavy atom. The number of anilines is 2. The second kappa shape index (κ2) is 9.31. The molecule has 2 aliphatic heterocycles. The van der Waals surface area contributed by atoms with E-state index in [2.05, 4.69) is 47.6 Å². The molecule has 0 aliphatic carbocycles. The molecule has 5 nitrogen and oxygen atoms in total. The fraction of sp³-hybridized carbons (Fsp3) is 0.500. The fourth-order valence-corrected chi connectivity index (χ4v) is 4.54. The second-order valence-corrected chi connectivity index (χ2v) is 9.60. The van der Waals surface area contributed by atoms with Gasteiger partial charge < -0.3 is 14.5 Å². The first-order valence-electron chi connectivity index (χ1n) is 11.6. The van der Waals surface area contributed by atoms with E-state index in [4.69, 9.17) is 4.74 Å². The number of esters is 1. The van der Waals surface area contributed by atoms with Crippen molar-refractivity contribution in [1.29, 1.82) is 0 Å². The van der Waals surface area contributed by atoms with E-state index in [1.54, 1.807) is 12.1 Å². The lowest BCUT2D eigenvalue weighted by molar-refractivity contribution is 0.0735. The molecule has 2 saturated heterocycles. The van der Waals surface area contributed by atoms with Gasteiger partial charge in [0.1, 0.15) is 0 Å². The molecule has 0 spiro atoms. The molecular weight excluding hydrogens is 386 g/mol. The minimum atomic E-state index is -0.305. The monoisotopic (exact) mass is 421 g/mol. The zero-order chi connectivity index (χ0) is 21.8. The highest BCUT2D eigenvalue weighted by molar-refractivity contribution is 5.92. The molecule has 4 rings (SSSR count). The predicted octanol–water partition coefficient (Wildman–Crippen LogP) is 4.82. The summed E-state index contributed by atoms with van der Waals surface area (Å²) >= 11 is 0. The molecule has 2 aliphatic rings. The molecule has 0 radical (unpaired) electrons. The van der Waals surface area contributed by atoms with Gasteiger partial charge >= 0.3 is 5.97 Å². The van der Waals surface area contributed by atoms with Gasteiger partial charge in [-0.15, -0.1) is 0 Å². The third-order valence-corrected chi connectivity index (χ3v) is 6.44. The van der Waals surface area contributed by atoms with Crippen molar-refractivity contribution in [2.24, 2.45) is 0 Å². The summed E-state index contributed by atoms with van der Waals surface area (Å²) in [6.07, 6.45) is 3.79. The maximum Gasteiger partial charge on any atom is 0.343 e. The lowest BCUT2D eigenvalue weighted by Gasteiger charge is -2.43. The highest BCUT2D eigenvalue weighted by Crippen LogP contribution is 2.35. The van der Waals surface area contributed by atoms with E-state index in [-0.39, 0.29) is 11.5 Å². The third-order valence-electron chi connectivity index (χ3n) is 6.44. The molecule has 0 bridgehead atoms. The van der Waals surface area contributed by atoms with Crippen LogP contribution in [0.3, 0.4) is 0 Å². The van der Waals surface area contributed by atoms with Gasteiger partial charge in [-0.25, -0.2) is 4.79 Å². The summed E-state index contributed by atoms with van der Waals surface area (Å²) in [6.45, 7) is 12.9. The van der Waals surface area contributed by atoms with Gasteiger partial charge in [0, 0.05) is 50.5 Å². The molecule has 0 saturated carbocycles. The number of nitrogens with zero attached hydrogens (tertiary/aromatic N) is 3. The highest BCUT2D eigenvalue weighted by atomic mass is 16.5. The number of carbonyl (C=O) groups is 1. The molecule has 2 aromatic carbocycles. The van der Waals surface area contributed by atoms with Crippen molar-refractivity contribution in [2.75, 3.05) is 49.1 Å². The first kappa shape index (κ1) is 21.7. The van der Waals surface area contributed by atoms with Crippen LogP contribution in [0.25, 0.3) is 0 Å². The van der Waals surface area contributed by atoms with E-state index in [9.17, 15) is 4.79 Å². The van der Waals surface area contributed by atoms with Gasteiger partial charge in [0.25, 0.3) is 0 Å². The molecule has 0 aromatic heterocycles. The number of piperidine rings is 1. The number of hydrogen-bond donors (Lipinski definition) is 0. The van der Waals surface area contributed by atoms with Gasteiger partial charge in [-0.2, -0.15) is 0 Å². The average Bonchev–Trinajstić information content (AvgIpc) is 2.80. The van der Waals surface area contributed by atoms with Crippen LogP contribution < -0.4 is 14.5 Å². The van der Waals surface area contributed by atoms with E-state index in [1.807, 2.05) is 24.3 Å². The Hall–Kier alpha value is -2.53. The summed E-state index contributed by atoms with van der Waals surface area (Å²) in [6, 6.07) is 15.5. The largest absolute Gasteiger partial charge is 0.421 e. The lowest BCUT2D eigenvalue weighted by atomic mass is 10.0. The molecular formula is C26H35N3O2. The van der Waals surface area contributed by atoms with Crippen molar-refractivity contribution in [3.8, 4) is 5.75 Å². The van der Waals surface area contributed by atoms with Crippen molar-refractivity contribution in [3.63, 3.8) is 0 Å². The second-order valence-electron chi connectivity index (χ2n) is 9.60. The molecule has 2 heterocycles. The number of rotatable bonds is 4. The van der Waals surface area contributed by atoms with E-state index in [1.165, 1.54) is 24.9 Å². The standard InChI is InChI=1S/C26H35N3O2/c1-26(2,3)29-18-16-28(17-19-29)23-20-22(27-14-8-5-9-15-27)12-13-24(23)31-25(30)21-10-6-4-7-11-21/h4,6-7,10-13,20H,5,8-9,14-19H2,1-3H3. The Morgan fingerprint density at radius 2 is 1.48 bits per heavy atom. The van der Waals surface area contributed by atoms with Crippen molar-refractivity contribution < 1.29 is 9.53 Å². The van der Waals surface area contributed by atoms with Gasteiger partial charge in [-0.05, 0) is 70.4 Å². The summed E-state index contributed by atoms with van der Waals surface area (Å²) < 4.78 is 5.91. The quantitative estimate of drug-likeness (QED) is 0.523. The van der Waals surface area contributed by atoms with Crippen molar-refractivity contribution in [1.82, 2.24) is 4.90 Å². The van der Waals surface area contributed by atoms with Crippen molar-refractivity contribution in [3.05, 3.63) is 54.1 Å². The summed E-state index contributed by atoms with van der Waals surface area (Å²) in [7, 11) is 0. The Morgan fingerprint density at radius 3 is 2.13 bits per heavy atom. The van der Waals surface area contributed by atoms with Crippen LogP contribution in [0.4, 0.5) is 11.4 Å². The summed E-state index contributed by atoms with van der Waals surface area (Å²) in [5.74, 6) is 0.347. The SMILES string of the molecule is CC(C)(C)N1CCN(c2cc(N3CCCCC3)ccc2OC(=O)c2ccccc2)CC1.